The molecule has 82 valence electrons. The number of hydrogen-bond acceptors (Lipinski definition) is 4. The zero-order valence-corrected chi connectivity index (χ0v) is 10.1. The van der Waals surface area contributed by atoms with Gasteiger partial charge in [0.1, 0.15) is 5.25 Å². The molecule has 0 bridgehead atoms. The largest absolute Gasteiger partial charge is 0.468 e. The van der Waals surface area contributed by atoms with Gasteiger partial charge in [-0.05, 0) is 13.8 Å². The molecule has 0 aliphatic rings. The molecule has 0 spiro atoms. The summed E-state index contributed by atoms with van der Waals surface area (Å²) in [6.07, 6.45) is 0. The van der Waals surface area contributed by atoms with Gasteiger partial charge in [0.05, 0.1) is 12.4 Å². The summed E-state index contributed by atoms with van der Waals surface area (Å²) in [7, 11) is 4.74. The van der Waals surface area contributed by atoms with Crippen molar-refractivity contribution in [2.45, 2.75) is 24.3 Å². The van der Waals surface area contributed by atoms with E-state index in [0.29, 0.717) is 0 Å². The fourth-order valence-corrected chi connectivity index (χ4v) is 2.10. The van der Waals surface area contributed by atoms with Gasteiger partial charge in [-0.2, -0.15) is 0 Å². The lowest BCUT2D eigenvalue weighted by atomic mass is 10.4. The summed E-state index contributed by atoms with van der Waals surface area (Å²) < 4.78 is 4.57. The number of methoxy groups -OCH3 is 1. The Morgan fingerprint density at radius 1 is 1.21 bits per heavy atom. The standard InChI is InChI=1S/C9H17NO3S/c1-6(8(11)10(3)4)14-7(2)9(12)13-5/h6-7H,1-5H3/t6-,7+/m1/s1. The molecule has 0 aromatic carbocycles. The number of hydrogen-bond donors (Lipinski definition) is 0. The van der Waals surface area contributed by atoms with E-state index in [1.165, 1.54) is 23.8 Å². The molecular formula is C9H17NO3S. The van der Waals surface area contributed by atoms with Crippen LogP contribution in [0, 0.1) is 0 Å². The fourth-order valence-electron chi connectivity index (χ4n) is 0.950. The van der Waals surface area contributed by atoms with Crippen molar-refractivity contribution in [1.29, 1.82) is 0 Å². The van der Waals surface area contributed by atoms with E-state index in [1.807, 2.05) is 0 Å². The molecule has 1 amide bonds. The van der Waals surface area contributed by atoms with E-state index in [-0.39, 0.29) is 22.4 Å². The highest BCUT2D eigenvalue weighted by molar-refractivity contribution is 8.01. The third kappa shape index (κ3) is 4.00. The molecule has 0 rings (SSSR count). The highest BCUT2D eigenvalue weighted by atomic mass is 32.2. The maximum Gasteiger partial charge on any atom is 0.318 e. The summed E-state index contributed by atoms with van der Waals surface area (Å²) in [4.78, 5) is 24.0. The normalized spacial score (nSPS) is 14.4. The van der Waals surface area contributed by atoms with E-state index in [4.69, 9.17) is 0 Å². The van der Waals surface area contributed by atoms with Crippen molar-refractivity contribution in [3.8, 4) is 0 Å². The van der Waals surface area contributed by atoms with E-state index in [1.54, 1.807) is 27.9 Å². The Bertz CT molecular complexity index is 218. The summed E-state index contributed by atoms with van der Waals surface area (Å²) in [6, 6.07) is 0. The van der Waals surface area contributed by atoms with Crippen molar-refractivity contribution in [2.75, 3.05) is 21.2 Å². The monoisotopic (exact) mass is 219 g/mol. The van der Waals surface area contributed by atoms with E-state index >= 15 is 0 Å². The first-order chi connectivity index (χ1) is 6.40. The number of esters is 1. The van der Waals surface area contributed by atoms with Gasteiger partial charge in [0, 0.05) is 14.1 Å². The minimum atomic E-state index is -0.307. The molecule has 4 nitrogen and oxygen atoms in total. The number of ether oxygens (including phenoxy) is 1. The van der Waals surface area contributed by atoms with Gasteiger partial charge in [0.15, 0.2) is 0 Å². The Morgan fingerprint density at radius 2 is 1.71 bits per heavy atom. The summed E-state index contributed by atoms with van der Waals surface area (Å²) >= 11 is 1.30. The second-order valence-electron chi connectivity index (χ2n) is 3.18. The van der Waals surface area contributed by atoms with Crippen LogP contribution in [0.15, 0.2) is 0 Å². The molecule has 14 heavy (non-hydrogen) atoms. The van der Waals surface area contributed by atoms with Crippen LogP contribution in [0.2, 0.25) is 0 Å². The van der Waals surface area contributed by atoms with Gasteiger partial charge in [-0.3, -0.25) is 9.59 Å². The van der Waals surface area contributed by atoms with Gasteiger partial charge in [-0.1, -0.05) is 0 Å². The third-order valence-corrected chi connectivity index (χ3v) is 2.94. The van der Waals surface area contributed by atoms with Crippen molar-refractivity contribution < 1.29 is 14.3 Å². The second kappa shape index (κ2) is 5.90. The first-order valence-corrected chi connectivity index (χ1v) is 5.28. The number of nitrogens with zero attached hydrogens (tertiary/aromatic N) is 1. The van der Waals surface area contributed by atoms with Gasteiger partial charge in [-0.25, -0.2) is 0 Å². The highest BCUT2D eigenvalue weighted by Crippen LogP contribution is 2.19. The molecule has 2 atom stereocenters. The lowest BCUT2D eigenvalue weighted by Gasteiger charge is -2.18. The van der Waals surface area contributed by atoms with Gasteiger partial charge in [0.2, 0.25) is 5.91 Å². The average Bonchev–Trinajstić information content (AvgIpc) is 2.14. The molecule has 0 saturated heterocycles. The van der Waals surface area contributed by atoms with Crippen LogP contribution in [0.5, 0.6) is 0 Å². The zero-order chi connectivity index (χ0) is 11.3. The molecule has 5 heteroatoms. The number of thioether (sulfide) groups is 1. The topological polar surface area (TPSA) is 46.6 Å². The minimum Gasteiger partial charge on any atom is -0.468 e. The molecule has 0 heterocycles. The molecule has 0 aromatic rings. The van der Waals surface area contributed by atoms with Crippen LogP contribution in [0.25, 0.3) is 0 Å². The van der Waals surface area contributed by atoms with Gasteiger partial charge in [-0.15, -0.1) is 11.8 Å². The van der Waals surface area contributed by atoms with E-state index in [9.17, 15) is 9.59 Å². The molecule has 0 aliphatic carbocycles. The Balaban J connectivity index is 4.12. The first kappa shape index (κ1) is 13.3. The summed E-state index contributed by atoms with van der Waals surface area (Å²) in [5, 5.41) is -0.530. The molecule has 0 unspecified atom stereocenters. The average molecular weight is 219 g/mol. The second-order valence-corrected chi connectivity index (χ2v) is 4.86. The number of carbonyl (C=O) groups excluding carboxylic acids is 2. The van der Waals surface area contributed by atoms with Crippen LogP contribution in [-0.2, 0) is 14.3 Å². The van der Waals surface area contributed by atoms with Crippen molar-refractivity contribution in [3.63, 3.8) is 0 Å². The molecule has 0 saturated carbocycles. The van der Waals surface area contributed by atoms with Crippen LogP contribution in [0.4, 0.5) is 0 Å². The molecule has 0 N–H and O–H groups in total. The van der Waals surface area contributed by atoms with Crippen LogP contribution >= 0.6 is 11.8 Å². The maximum atomic E-state index is 11.4. The number of rotatable bonds is 4. The fraction of sp³-hybridized carbons (Fsp3) is 0.778. The van der Waals surface area contributed by atoms with Crippen molar-refractivity contribution >= 4 is 23.6 Å². The van der Waals surface area contributed by atoms with Gasteiger partial charge in [0.25, 0.3) is 0 Å². The minimum absolute atomic E-state index is 0.00533. The van der Waals surface area contributed by atoms with E-state index in [0.717, 1.165) is 0 Å². The van der Waals surface area contributed by atoms with E-state index < -0.39 is 0 Å². The highest BCUT2D eigenvalue weighted by Gasteiger charge is 2.22. The zero-order valence-electron chi connectivity index (χ0n) is 9.23. The Hall–Kier alpha value is -0.710. The van der Waals surface area contributed by atoms with Crippen LogP contribution in [-0.4, -0.2) is 48.5 Å². The Morgan fingerprint density at radius 3 is 2.07 bits per heavy atom. The Kier molecular flexibility index (Phi) is 5.60. The maximum absolute atomic E-state index is 11.4. The van der Waals surface area contributed by atoms with Crippen LogP contribution < -0.4 is 0 Å². The van der Waals surface area contributed by atoms with Crippen molar-refractivity contribution in [2.24, 2.45) is 0 Å². The van der Waals surface area contributed by atoms with Crippen LogP contribution in [0.1, 0.15) is 13.8 Å². The predicted molar refractivity (Wildman–Crippen MR) is 57.2 cm³/mol. The van der Waals surface area contributed by atoms with Gasteiger partial charge >= 0.3 is 5.97 Å². The van der Waals surface area contributed by atoms with E-state index in [2.05, 4.69) is 4.74 Å². The molecular weight excluding hydrogens is 202 g/mol. The van der Waals surface area contributed by atoms with Crippen molar-refractivity contribution in [1.82, 2.24) is 4.90 Å². The molecule has 0 fully saturated rings. The number of amides is 1. The third-order valence-electron chi connectivity index (χ3n) is 1.73. The van der Waals surface area contributed by atoms with Gasteiger partial charge < -0.3 is 9.64 Å². The smallest absolute Gasteiger partial charge is 0.318 e. The molecule has 0 aromatic heterocycles. The summed E-state index contributed by atoms with van der Waals surface area (Å²) in [5.41, 5.74) is 0. The summed E-state index contributed by atoms with van der Waals surface area (Å²) in [5.74, 6) is -0.292. The lowest BCUT2D eigenvalue weighted by Crippen LogP contribution is -2.32. The first-order valence-electron chi connectivity index (χ1n) is 4.34. The summed E-state index contributed by atoms with van der Waals surface area (Å²) in [6.45, 7) is 3.52. The quantitative estimate of drug-likeness (QED) is 0.655. The van der Waals surface area contributed by atoms with Crippen LogP contribution in [0.3, 0.4) is 0 Å². The molecule has 0 radical (unpaired) electrons. The lowest BCUT2D eigenvalue weighted by molar-refractivity contribution is -0.139. The molecule has 0 aliphatic heterocycles. The Labute approximate surface area is 89.0 Å². The van der Waals surface area contributed by atoms with Crippen molar-refractivity contribution in [3.05, 3.63) is 0 Å². The number of carbonyl (C=O) groups is 2. The predicted octanol–water partition coefficient (Wildman–Crippen LogP) is 0.758. The SMILES string of the molecule is COC(=O)[C@H](C)S[C@H](C)C(=O)N(C)C.